The van der Waals surface area contributed by atoms with Crippen molar-refractivity contribution in [3.8, 4) is 0 Å². The summed E-state index contributed by atoms with van der Waals surface area (Å²) < 4.78 is 0.969. The van der Waals surface area contributed by atoms with Crippen LogP contribution in [0.25, 0.3) is 0 Å². The molecule has 4 heteroatoms. The molecule has 1 fully saturated rings. The van der Waals surface area contributed by atoms with Crippen molar-refractivity contribution < 1.29 is 4.79 Å². The molecule has 1 saturated heterocycles. The van der Waals surface area contributed by atoms with Crippen LogP contribution >= 0.6 is 27.5 Å². The zero-order valence-electron chi connectivity index (χ0n) is 9.04. The molecule has 0 aromatic heterocycles. The van der Waals surface area contributed by atoms with E-state index in [1.54, 1.807) is 0 Å². The van der Waals surface area contributed by atoms with Crippen LogP contribution in [-0.2, 0) is 4.79 Å². The van der Waals surface area contributed by atoms with Gasteiger partial charge in [-0.1, -0.05) is 12.1 Å². The van der Waals surface area contributed by atoms with E-state index in [0.29, 0.717) is 12.3 Å². The molecule has 0 bridgehead atoms. The average Bonchev–Trinajstić information content (AvgIpc) is 2.60. The van der Waals surface area contributed by atoms with Crippen LogP contribution in [0.2, 0.25) is 0 Å². The van der Waals surface area contributed by atoms with Crippen LogP contribution in [0.15, 0.2) is 22.7 Å². The Hall–Kier alpha value is -0.540. The van der Waals surface area contributed by atoms with Crippen molar-refractivity contribution in [3.05, 3.63) is 28.2 Å². The second-order valence-electron chi connectivity index (χ2n) is 4.13. The van der Waals surface area contributed by atoms with Gasteiger partial charge in [0.05, 0.1) is 5.69 Å². The lowest BCUT2D eigenvalue weighted by molar-refractivity contribution is -0.117. The van der Waals surface area contributed by atoms with Crippen LogP contribution in [0.4, 0.5) is 5.69 Å². The number of halogens is 2. The van der Waals surface area contributed by atoms with Crippen LogP contribution in [0, 0.1) is 12.8 Å². The van der Waals surface area contributed by atoms with Gasteiger partial charge >= 0.3 is 0 Å². The lowest BCUT2D eigenvalue weighted by atomic mass is 10.1. The first-order valence-corrected chi connectivity index (χ1v) is 6.57. The number of hydrogen-bond donors (Lipinski definition) is 0. The molecule has 16 heavy (non-hydrogen) atoms. The minimum absolute atomic E-state index is 0.167. The second-order valence-corrected chi connectivity index (χ2v) is 5.30. The van der Waals surface area contributed by atoms with Crippen LogP contribution in [0.1, 0.15) is 12.0 Å². The summed E-state index contributed by atoms with van der Waals surface area (Å²) in [6.07, 6.45) is 0.560. The fourth-order valence-corrected chi connectivity index (χ4v) is 2.95. The first kappa shape index (κ1) is 11.9. The maximum atomic E-state index is 11.9. The van der Waals surface area contributed by atoms with Gasteiger partial charge in [0.25, 0.3) is 0 Å². The summed E-state index contributed by atoms with van der Waals surface area (Å²) in [6, 6.07) is 5.95. The van der Waals surface area contributed by atoms with Crippen molar-refractivity contribution in [2.45, 2.75) is 13.3 Å². The van der Waals surface area contributed by atoms with Crippen molar-refractivity contribution >= 4 is 39.1 Å². The standard InChI is InChI=1S/C12H13BrClNO/c1-8-3-2-4-10(13)12(8)15-7-9(6-14)5-11(15)16/h2-4,9H,5-7H2,1H3. The van der Waals surface area contributed by atoms with Crippen LogP contribution in [0.3, 0.4) is 0 Å². The van der Waals surface area contributed by atoms with Crippen LogP contribution < -0.4 is 4.90 Å². The van der Waals surface area contributed by atoms with Gasteiger partial charge < -0.3 is 4.90 Å². The lowest BCUT2D eigenvalue weighted by Gasteiger charge is -2.20. The summed E-state index contributed by atoms with van der Waals surface area (Å²) in [5.74, 6) is 0.993. The molecule has 0 aliphatic carbocycles. The van der Waals surface area contributed by atoms with Crippen molar-refractivity contribution in [2.24, 2.45) is 5.92 Å². The molecule has 86 valence electrons. The van der Waals surface area contributed by atoms with Crippen molar-refractivity contribution in [2.75, 3.05) is 17.3 Å². The maximum absolute atomic E-state index is 11.9. The highest BCUT2D eigenvalue weighted by Crippen LogP contribution is 2.34. The number of hydrogen-bond acceptors (Lipinski definition) is 1. The quantitative estimate of drug-likeness (QED) is 0.767. The first-order valence-electron chi connectivity index (χ1n) is 5.25. The number of benzene rings is 1. The Kier molecular flexibility index (Phi) is 3.55. The van der Waals surface area contributed by atoms with Gasteiger partial charge in [-0.15, -0.1) is 11.6 Å². The number of carbonyl (C=O) groups excluding carboxylic acids is 1. The van der Waals surface area contributed by atoms with Gasteiger partial charge in [-0.3, -0.25) is 4.79 Å². The SMILES string of the molecule is Cc1cccc(Br)c1N1CC(CCl)CC1=O. The van der Waals surface area contributed by atoms with E-state index in [0.717, 1.165) is 22.3 Å². The van der Waals surface area contributed by atoms with Gasteiger partial charge in [-0.05, 0) is 40.4 Å². The molecule has 1 amide bonds. The van der Waals surface area contributed by atoms with E-state index in [4.69, 9.17) is 11.6 Å². The Morgan fingerprint density at radius 3 is 2.88 bits per heavy atom. The van der Waals surface area contributed by atoms with Gasteiger partial charge in [-0.2, -0.15) is 0 Å². The first-order chi connectivity index (χ1) is 7.63. The largest absolute Gasteiger partial charge is 0.311 e. The average molecular weight is 303 g/mol. The Morgan fingerprint density at radius 1 is 1.56 bits per heavy atom. The molecule has 1 aromatic rings. The number of carbonyl (C=O) groups is 1. The summed E-state index contributed by atoms with van der Waals surface area (Å²) in [6.45, 7) is 2.74. The predicted molar refractivity (Wildman–Crippen MR) is 70.1 cm³/mol. The van der Waals surface area contributed by atoms with E-state index in [1.807, 2.05) is 30.0 Å². The fourth-order valence-electron chi connectivity index (χ4n) is 2.07. The Morgan fingerprint density at radius 2 is 2.31 bits per heavy atom. The Labute approximate surface area is 109 Å². The predicted octanol–water partition coefficient (Wildman–Crippen LogP) is 3.35. The number of alkyl halides is 1. The van der Waals surface area contributed by atoms with Gasteiger partial charge in [0, 0.05) is 23.3 Å². The van der Waals surface area contributed by atoms with E-state index in [2.05, 4.69) is 15.9 Å². The van der Waals surface area contributed by atoms with Crippen molar-refractivity contribution in [3.63, 3.8) is 0 Å². The normalized spacial score (nSPS) is 20.6. The second kappa shape index (κ2) is 4.76. The molecule has 1 atom stereocenters. The van der Waals surface area contributed by atoms with Crippen LogP contribution in [0.5, 0.6) is 0 Å². The summed E-state index contributed by atoms with van der Waals surface area (Å²) >= 11 is 9.31. The summed E-state index contributed by atoms with van der Waals surface area (Å²) in [4.78, 5) is 13.7. The Balaban J connectivity index is 2.35. The highest BCUT2D eigenvalue weighted by molar-refractivity contribution is 9.10. The van der Waals surface area contributed by atoms with E-state index in [9.17, 15) is 4.79 Å². The summed E-state index contributed by atoms with van der Waals surface area (Å²) in [7, 11) is 0. The maximum Gasteiger partial charge on any atom is 0.227 e. The molecule has 1 aliphatic rings. The smallest absolute Gasteiger partial charge is 0.227 e. The van der Waals surface area contributed by atoms with E-state index >= 15 is 0 Å². The highest BCUT2D eigenvalue weighted by atomic mass is 79.9. The number of amides is 1. The molecule has 0 radical (unpaired) electrons. The zero-order chi connectivity index (χ0) is 11.7. The molecule has 0 saturated carbocycles. The zero-order valence-corrected chi connectivity index (χ0v) is 11.4. The molecule has 2 nitrogen and oxygen atoms in total. The minimum Gasteiger partial charge on any atom is -0.311 e. The Bertz CT molecular complexity index is 401. The van der Waals surface area contributed by atoms with Gasteiger partial charge in [0.1, 0.15) is 0 Å². The summed E-state index contributed by atoms with van der Waals surface area (Å²) in [5, 5.41) is 0. The molecule has 0 N–H and O–H groups in total. The fraction of sp³-hybridized carbons (Fsp3) is 0.417. The van der Waals surface area contributed by atoms with E-state index in [-0.39, 0.29) is 11.8 Å². The van der Waals surface area contributed by atoms with E-state index < -0.39 is 0 Å². The van der Waals surface area contributed by atoms with Gasteiger partial charge in [0.15, 0.2) is 0 Å². The number of anilines is 1. The number of nitrogens with zero attached hydrogens (tertiary/aromatic N) is 1. The third-order valence-corrected chi connectivity index (χ3v) is 3.96. The molecule has 0 spiro atoms. The molecule has 1 aromatic carbocycles. The number of rotatable bonds is 2. The molecule has 1 unspecified atom stereocenters. The monoisotopic (exact) mass is 301 g/mol. The van der Waals surface area contributed by atoms with Crippen molar-refractivity contribution in [1.29, 1.82) is 0 Å². The van der Waals surface area contributed by atoms with Crippen molar-refractivity contribution in [1.82, 2.24) is 0 Å². The molecule has 1 heterocycles. The van der Waals surface area contributed by atoms with Gasteiger partial charge in [-0.25, -0.2) is 0 Å². The number of para-hydroxylation sites is 1. The minimum atomic E-state index is 0.167. The highest BCUT2D eigenvalue weighted by Gasteiger charge is 2.31. The lowest BCUT2D eigenvalue weighted by Crippen LogP contribution is -2.25. The van der Waals surface area contributed by atoms with Crippen LogP contribution in [-0.4, -0.2) is 18.3 Å². The molecular weight excluding hydrogens is 289 g/mol. The molecular formula is C12H13BrClNO. The van der Waals surface area contributed by atoms with E-state index in [1.165, 1.54) is 0 Å². The van der Waals surface area contributed by atoms with Gasteiger partial charge in [0.2, 0.25) is 5.91 Å². The molecule has 1 aliphatic heterocycles. The third-order valence-electron chi connectivity index (χ3n) is 2.88. The third kappa shape index (κ3) is 2.11. The summed E-state index contributed by atoms with van der Waals surface area (Å²) in [5.41, 5.74) is 2.10. The number of aryl methyl sites for hydroxylation is 1. The molecule has 2 rings (SSSR count). The topological polar surface area (TPSA) is 20.3 Å².